The quantitative estimate of drug-likeness (QED) is 0.680. The molecule has 0 radical (unpaired) electrons. The van der Waals surface area contributed by atoms with Crippen molar-refractivity contribution in [3.63, 3.8) is 0 Å². The SMILES string of the molecule is CC1=C(C)C(=O)C(Nc2cccc(C(=O)OC(C)(C)C)c2)=CC1=O. The third-order valence-electron chi connectivity index (χ3n) is 3.57. The first-order valence-corrected chi connectivity index (χ1v) is 7.67. The van der Waals surface area contributed by atoms with Crippen molar-refractivity contribution in [3.8, 4) is 0 Å². The third kappa shape index (κ3) is 3.98. The standard InChI is InChI=1S/C19H21NO4/c1-11-12(2)17(22)15(10-16(11)21)20-14-8-6-7-13(9-14)18(23)24-19(3,4)5/h6-10,20H,1-5H3. The van der Waals surface area contributed by atoms with Crippen LogP contribution in [0.3, 0.4) is 0 Å². The van der Waals surface area contributed by atoms with E-state index >= 15 is 0 Å². The van der Waals surface area contributed by atoms with Gasteiger partial charge in [0, 0.05) is 22.9 Å². The maximum Gasteiger partial charge on any atom is 0.338 e. The highest BCUT2D eigenvalue weighted by atomic mass is 16.6. The lowest BCUT2D eigenvalue weighted by Gasteiger charge is -2.20. The normalized spacial score (nSPS) is 15.3. The summed E-state index contributed by atoms with van der Waals surface area (Å²) >= 11 is 0. The molecule has 0 aliphatic heterocycles. The molecule has 1 aliphatic rings. The van der Waals surface area contributed by atoms with Crippen LogP contribution in [0.5, 0.6) is 0 Å². The molecule has 0 saturated heterocycles. The fourth-order valence-corrected chi connectivity index (χ4v) is 2.17. The molecule has 126 valence electrons. The third-order valence-corrected chi connectivity index (χ3v) is 3.57. The number of carbonyl (C=O) groups is 3. The zero-order valence-corrected chi connectivity index (χ0v) is 14.5. The van der Waals surface area contributed by atoms with Gasteiger partial charge in [-0.15, -0.1) is 0 Å². The van der Waals surface area contributed by atoms with E-state index in [2.05, 4.69) is 5.32 Å². The van der Waals surface area contributed by atoms with Gasteiger partial charge in [0.15, 0.2) is 5.78 Å². The minimum absolute atomic E-state index is 0.196. The molecule has 0 amide bonds. The average Bonchev–Trinajstić information content (AvgIpc) is 2.49. The largest absolute Gasteiger partial charge is 0.456 e. The first-order valence-electron chi connectivity index (χ1n) is 7.67. The van der Waals surface area contributed by atoms with Gasteiger partial charge in [0.2, 0.25) is 5.78 Å². The number of hydrogen-bond acceptors (Lipinski definition) is 5. The molecule has 0 spiro atoms. The van der Waals surface area contributed by atoms with Crippen molar-refractivity contribution in [1.82, 2.24) is 0 Å². The van der Waals surface area contributed by atoms with E-state index in [4.69, 9.17) is 4.74 Å². The Morgan fingerprint density at radius 2 is 1.75 bits per heavy atom. The first kappa shape index (κ1) is 17.7. The summed E-state index contributed by atoms with van der Waals surface area (Å²) in [7, 11) is 0. The molecule has 1 aliphatic carbocycles. The van der Waals surface area contributed by atoms with Crippen LogP contribution in [0.15, 0.2) is 47.2 Å². The van der Waals surface area contributed by atoms with Gasteiger partial charge in [-0.05, 0) is 52.8 Å². The molecule has 2 rings (SSSR count). The molecule has 24 heavy (non-hydrogen) atoms. The summed E-state index contributed by atoms with van der Waals surface area (Å²) < 4.78 is 5.33. The van der Waals surface area contributed by atoms with Crippen LogP contribution in [0, 0.1) is 0 Å². The van der Waals surface area contributed by atoms with E-state index in [-0.39, 0.29) is 17.3 Å². The summed E-state index contributed by atoms with van der Waals surface area (Å²) in [6.45, 7) is 8.64. The van der Waals surface area contributed by atoms with E-state index in [1.807, 2.05) is 0 Å². The number of ether oxygens (including phenoxy) is 1. The Kier molecular flexibility index (Phi) is 4.73. The molecule has 0 unspecified atom stereocenters. The summed E-state index contributed by atoms with van der Waals surface area (Å²) in [6.07, 6.45) is 1.28. The van der Waals surface area contributed by atoms with Crippen molar-refractivity contribution in [1.29, 1.82) is 0 Å². The second kappa shape index (κ2) is 6.43. The van der Waals surface area contributed by atoms with Gasteiger partial charge in [-0.3, -0.25) is 9.59 Å². The van der Waals surface area contributed by atoms with Gasteiger partial charge in [0.25, 0.3) is 0 Å². The van der Waals surface area contributed by atoms with E-state index in [0.29, 0.717) is 22.4 Å². The van der Waals surface area contributed by atoms with Crippen molar-refractivity contribution in [2.75, 3.05) is 5.32 Å². The van der Waals surface area contributed by atoms with Gasteiger partial charge in [-0.2, -0.15) is 0 Å². The van der Waals surface area contributed by atoms with Crippen LogP contribution >= 0.6 is 0 Å². The highest BCUT2D eigenvalue weighted by Crippen LogP contribution is 2.22. The van der Waals surface area contributed by atoms with Crippen molar-refractivity contribution in [2.45, 2.75) is 40.2 Å². The van der Waals surface area contributed by atoms with Crippen molar-refractivity contribution in [2.24, 2.45) is 0 Å². The molecule has 5 heteroatoms. The lowest BCUT2D eigenvalue weighted by atomic mass is 9.95. The average molecular weight is 327 g/mol. The minimum atomic E-state index is -0.589. The topological polar surface area (TPSA) is 72.5 Å². The van der Waals surface area contributed by atoms with E-state index < -0.39 is 11.6 Å². The summed E-state index contributed by atoms with van der Waals surface area (Å²) in [5, 5.41) is 2.92. The molecule has 0 bridgehead atoms. The number of benzene rings is 1. The van der Waals surface area contributed by atoms with E-state index in [0.717, 1.165) is 0 Å². The molecular weight excluding hydrogens is 306 g/mol. The molecule has 1 N–H and O–H groups in total. The lowest BCUT2D eigenvalue weighted by Crippen LogP contribution is -2.24. The smallest absolute Gasteiger partial charge is 0.338 e. The number of nitrogens with one attached hydrogen (secondary N) is 1. The van der Waals surface area contributed by atoms with Crippen LogP contribution in [-0.2, 0) is 14.3 Å². The van der Waals surface area contributed by atoms with Crippen LogP contribution in [-0.4, -0.2) is 23.1 Å². The Morgan fingerprint density at radius 3 is 2.38 bits per heavy atom. The number of ketones is 2. The highest BCUT2D eigenvalue weighted by Gasteiger charge is 2.23. The van der Waals surface area contributed by atoms with Gasteiger partial charge in [-0.1, -0.05) is 6.07 Å². The number of rotatable bonds is 3. The van der Waals surface area contributed by atoms with Crippen LogP contribution < -0.4 is 5.32 Å². The molecule has 0 heterocycles. The molecule has 5 nitrogen and oxygen atoms in total. The van der Waals surface area contributed by atoms with Gasteiger partial charge >= 0.3 is 5.97 Å². The Morgan fingerprint density at radius 1 is 1.08 bits per heavy atom. The maximum atomic E-state index is 12.3. The van der Waals surface area contributed by atoms with Crippen molar-refractivity contribution in [3.05, 3.63) is 52.7 Å². The van der Waals surface area contributed by atoms with Gasteiger partial charge in [0.05, 0.1) is 11.3 Å². The van der Waals surface area contributed by atoms with Crippen LogP contribution in [0.1, 0.15) is 45.0 Å². The number of carbonyl (C=O) groups excluding carboxylic acids is 3. The minimum Gasteiger partial charge on any atom is -0.456 e. The van der Waals surface area contributed by atoms with Gasteiger partial charge in [-0.25, -0.2) is 4.79 Å². The first-order chi connectivity index (χ1) is 11.1. The predicted molar refractivity (Wildman–Crippen MR) is 91.7 cm³/mol. The van der Waals surface area contributed by atoms with Crippen LogP contribution in [0.25, 0.3) is 0 Å². The van der Waals surface area contributed by atoms with Crippen molar-refractivity contribution >= 4 is 23.2 Å². The summed E-state index contributed by atoms with van der Waals surface area (Å²) in [5.74, 6) is -0.870. The van der Waals surface area contributed by atoms with E-state index in [9.17, 15) is 14.4 Å². The molecule has 1 aromatic carbocycles. The molecule has 1 aromatic rings. The van der Waals surface area contributed by atoms with E-state index in [1.54, 1.807) is 58.9 Å². The Labute approximate surface area is 141 Å². The highest BCUT2D eigenvalue weighted by molar-refractivity contribution is 6.23. The Bertz CT molecular complexity index is 779. The molecule has 0 fully saturated rings. The van der Waals surface area contributed by atoms with Gasteiger partial charge < -0.3 is 10.1 Å². The Balaban J connectivity index is 2.22. The van der Waals surface area contributed by atoms with Gasteiger partial charge in [0.1, 0.15) is 5.60 Å². The summed E-state index contributed by atoms with van der Waals surface area (Å²) in [5.41, 5.74) is 1.39. The number of anilines is 1. The monoisotopic (exact) mass is 327 g/mol. The summed E-state index contributed by atoms with van der Waals surface area (Å²) in [6, 6.07) is 6.63. The second-order valence-electron chi connectivity index (χ2n) is 6.71. The fourth-order valence-electron chi connectivity index (χ4n) is 2.17. The molecule has 0 atom stereocenters. The predicted octanol–water partition coefficient (Wildman–Crippen LogP) is 3.43. The zero-order chi connectivity index (χ0) is 18.1. The number of hydrogen-bond donors (Lipinski definition) is 1. The maximum absolute atomic E-state index is 12.3. The van der Waals surface area contributed by atoms with Crippen LogP contribution in [0.2, 0.25) is 0 Å². The molecule has 0 saturated carbocycles. The summed E-state index contributed by atoms with van der Waals surface area (Å²) in [4.78, 5) is 36.3. The molecular formula is C19H21NO4. The number of allylic oxidation sites excluding steroid dienone is 3. The van der Waals surface area contributed by atoms with Crippen LogP contribution in [0.4, 0.5) is 5.69 Å². The van der Waals surface area contributed by atoms with Crippen molar-refractivity contribution < 1.29 is 19.1 Å². The fraction of sp³-hybridized carbons (Fsp3) is 0.316. The number of Topliss-reactive ketones (excluding diaryl/α,β-unsaturated/α-hetero) is 1. The zero-order valence-electron chi connectivity index (χ0n) is 14.5. The second-order valence-corrected chi connectivity index (χ2v) is 6.71. The van der Waals surface area contributed by atoms with E-state index in [1.165, 1.54) is 6.08 Å². The Hall–Kier alpha value is -2.69. The lowest BCUT2D eigenvalue weighted by molar-refractivity contribution is -0.115. The number of esters is 1. The molecule has 0 aromatic heterocycles.